The van der Waals surface area contributed by atoms with Crippen molar-refractivity contribution in [3.63, 3.8) is 0 Å². The molecule has 2 atom stereocenters. The van der Waals surface area contributed by atoms with Gasteiger partial charge in [-0.25, -0.2) is 4.79 Å². The summed E-state index contributed by atoms with van der Waals surface area (Å²) in [6, 6.07) is -1.28. The quantitative estimate of drug-likeness (QED) is 0.0436. The zero-order chi connectivity index (χ0) is 42.5. The molecule has 19 nitrogen and oxygen atoms in total. The van der Waals surface area contributed by atoms with Crippen molar-refractivity contribution >= 4 is 47.5 Å². The number of halogens is 1. The van der Waals surface area contributed by atoms with Crippen molar-refractivity contribution in [1.82, 2.24) is 10.8 Å². The van der Waals surface area contributed by atoms with E-state index >= 15 is 0 Å². The standard InChI is InChI=1S/C30H58N4O12.C7H13NO2.ClH/c1-30(2,3)46-29(38)34-45-23-22-43-20-21-44-24-28(37)33-26(27(36)7-5-13-40-17-19-42-15-11-32)9-8-25(35)6-4-12-39-16-18-41-14-10-31;1-5(9)3-4-7(8)6(2)10;/h26H,4-24,31-32H2,1-3H3,(H,33,37)(H,34,38);7H,3-4,8H2,1-2H3;1H/t26-;7-;/m11./s1. The fourth-order valence-electron chi connectivity index (χ4n) is 4.14. The van der Waals surface area contributed by atoms with Crippen LogP contribution in [0.25, 0.3) is 0 Å². The van der Waals surface area contributed by atoms with E-state index in [0.29, 0.717) is 98.0 Å². The molecule has 20 heteroatoms. The summed E-state index contributed by atoms with van der Waals surface area (Å²) in [5.74, 6) is -0.657. The highest BCUT2D eigenvalue weighted by molar-refractivity contribution is 5.90. The number of hydrogen-bond donors (Lipinski definition) is 5. The lowest BCUT2D eigenvalue weighted by atomic mass is 10.00. The zero-order valence-corrected chi connectivity index (χ0v) is 35.6. The van der Waals surface area contributed by atoms with Gasteiger partial charge in [-0.1, -0.05) is 0 Å². The number of hydrogen-bond acceptors (Lipinski definition) is 17. The zero-order valence-electron chi connectivity index (χ0n) is 34.8. The molecule has 8 N–H and O–H groups in total. The maximum absolute atomic E-state index is 12.9. The van der Waals surface area contributed by atoms with Gasteiger partial charge in [0.1, 0.15) is 29.6 Å². The molecule has 0 aliphatic rings. The number of carbonyl (C=O) groups is 6. The van der Waals surface area contributed by atoms with Gasteiger partial charge in [-0.2, -0.15) is 5.48 Å². The molecule has 0 aliphatic heterocycles. The minimum atomic E-state index is -0.824. The van der Waals surface area contributed by atoms with Crippen molar-refractivity contribution in [2.45, 2.75) is 104 Å². The lowest BCUT2D eigenvalue weighted by Gasteiger charge is -2.19. The van der Waals surface area contributed by atoms with Crippen LogP contribution >= 0.6 is 12.4 Å². The van der Waals surface area contributed by atoms with Crippen LogP contribution in [0.3, 0.4) is 0 Å². The second-order valence-corrected chi connectivity index (χ2v) is 13.5. The highest BCUT2D eigenvalue weighted by Crippen LogP contribution is 2.08. The summed E-state index contributed by atoms with van der Waals surface area (Å²) in [6.07, 6.45) is 2.02. The number of rotatable bonds is 36. The summed E-state index contributed by atoms with van der Waals surface area (Å²) in [5.41, 5.74) is 17.6. The van der Waals surface area contributed by atoms with Crippen LogP contribution in [0.2, 0.25) is 0 Å². The number of nitrogens with one attached hydrogen (secondary N) is 2. The average Bonchev–Trinajstić information content (AvgIpc) is 3.13. The number of carbonyl (C=O) groups excluding carboxylic acids is 6. The molecule has 0 aromatic carbocycles. The third-order valence-corrected chi connectivity index (χ3v) is 6.98. The molecule has 0 bridgehead atoms. The van der Waals surface area contributed by atoms with Gasteiger partial charge in [0, 0.05) is 52.0 Å². The second-order valence-electron chi connectivity index (χ2n) is 13.5. The molecular weight excluding hydrogens is 774 g/mol. The molecule has 336 valence electrons. The van der Waals surface area contributed by atoms with E-state index in [1.807, 2.05) is 0 Å². The Kier molecular flexibility index (Phi) is 41.2. The number of amides is 2. The third-order valence-electron chi connectivity index (χ3n) is 6.98. The maximum Gasteiger partial charge on any atom is 0.431 e. The van der Waals surface area contributed by atoms with Gasteiger partial charge < -0.3 is 60.5 Å². The smallest absolute Gasteiger partial charge is 0.431 e. The first kappa shape index (κ1) is 58.6. The Morgan fingerprint density at radius 2 is 1.11 bits per heavy atom. The largest absolute Gasteiger partial charge is 0.442 e. The van der Waals surface area contributed by atoms with Gasteiger partial charge in [-0.3, -0.25) is 24.0 Å². The van der Waals surface area contributed by atoms with E-state index in [2.05, 4.69) is 10.8 Å². The summed E-state index contributed by atoms with van der Waals surface area (Å²) in [4.78, 5) is 75.2. The van der Waals surface area contributed by atoms with Crippen molar-refractivity contribution in [2.75, 3.05) is 99.0 Å². The molecule has 0 spiro atoms. The molecule has 0 aromatic heterocycles. The number of ether oxygens (including phenoxy) is 7. The van der Waals surface area contributed by atoms with Gasteiger partial charge in [0.15, 0.2) is 5.78 Å². The van der Waals surface area contributed by atoms with Gasteiger partial charge in [-0.05, 0) is 60.3 Å². The van der Waals surface area contributed by atoms with Crippen LogP contribution in [0.1, 0.15) is 86.0 Å². The average molecular weight is 846 g/mol. The monoisotopic (exact) mass is 845 g/mol. The van der Waals surface area contributed by atoms with Crippen molar-refractivity contribution < 1.29 is 66.8 Å². The van der Waals surface area contributed by atoms with Crippen molar-refractivity contribution in [2.24, 2.45) is 17.2 Å². The van der Waals surface area contributed by atoms with E-state index in [0.717, 1.165) is 0 Å². The minimum absolute atomic E-state index is 0. The summed E-state index contributed by atoms with van der Waals surface area (Å²) < 4.78 is 37.1. The lowest BCUT2D eigenvalue weighted by Crippen LogP contribution is -2.43. The Morgan fingerprint density at radius 1 is 0.614 bits per heavy atom. The third kappa shape index (κ3) is 44.3. The van der Waals surface area contributed by atoms with Crippen LogP contribution in [0.4, 0.5) is 4.79 Å². The predicted molar refractivity (Wildman–Crippen MR) is 214 cm³/mol. The first-order valence-corrected chi connectivity index (χ1v) is 19.2. The molecule has 0 saturated carbocycles. The SMILES string of the molecule is CC(=O)CC[C@@H](N)C(C)=O.CC(C)(C)OC(=O)NOCCOCCOCC(=O)N[C@H](CCC(=O)CCCOCCOCCN)C(=O)CCCOCCOCCN.Cl. The molecule has 0 radical (unpaired) electrons. The van der Waals surface area contributed by atoms with Gasteiger partial charge in [0.25, 0.3) is 0 Å². The Labute approximate surface area is 344 Å². The molecule has 0 saturated heterocycles. The Hall–Kier alpha value is -2.69. The summed E-state index contributed by atoms with van der Waals surface area (Å²) in [6.45, 7) is 12.7. The maximum atomic E-state index is 12.9. The van der Waals surface area contributed by atoms with Crippen molar-refractivity contribution in [3.8, 4) is 0 Å². The summed E-state index contributed by atoms with van der Waals surface area (Å²) >= 11 is 0. The van der Waals surface area contributed by atoms with E-state index < -0.39 is 29.7 Å². The van der Waals surface area contributed by atoms with Gasteiger partial charge in [0.05, 0.1) is 78.2 Å². The molecule has 2 amide bonds. The first-order valence-electron chi connectivity index (χ1n) is 19.2. The van der Waals surface area contributed by atoms with Crippen LogP contribution in [0.15, 0.2) is 0 Å². The van der Waals surface area contributed by atoms with Gasteiger partial charge >= 0.3 is 6.09 Å². The molecule has 0 fully saturated rings. The molecule has 57 heavy (non-hydrogen) atoms. The molecule has 0 unspecified atom stereocenters. The Balaban J connectivity index is -0.00000231. The number of hydroxylamine groups is 1. The molecule has 0 rings (SSSR count). The topological polar surface area (TPSA) is 278 Å². The number of ketones is 4. The van der Waals surface area contributed by atoms with Crippen molar-refractivity contribution in [3.05, 3.63) is 0 Å². The lowest BCUT2D eigenvalue weighted by molar-refractivity contribution is -0.131. The van der Waals surface area contributed by atoms with E-state index in [1.54, 1.807) is 20.8 Å². The van der Waals surface area contributed by atoms with Gasteiger partial charge in [0.2, 0.25) is 5.91 Å². The van der Waals surface area contributed by atoms with Crippen LogP contribution in [-0.4, -0.2) is 152 Å². The Morgan fingerprint density at radius 3 is 1.61 bits per heavy atom. The first-order chi connectivity index (χ1) is 26.6. The van der Waals surface area contributed by atoms with Crippen LogP contribution in [0.5, 0.6) is 0 Å². The van der Waals surface area contributed by atoms with Gasteiger partial charge in [-0.15, -0.1) is 12.4 Å². The molecule has 0 aromatic rings. The Bertz CT molecular complexity index is 1070. The van der Waals surface area contributed by atoms with E-state index in [4.69, 9.17) is 55.2 Å². The van der Waals surface area contributed by atoms with Crippen LogP contribution < -0.4 is 28.0 Å². The van der Waals surface area contributed by atoms with E-state index in [9.17, 15) is 28.8 Å². The highest BCUT2D eigenvalue weighted by atomic mass is 35.5. The summed E-state index contributed by atoms with van der Waals surface area (Å²) in [5, 5.41) is 2.69. The second kappa shape index (κ2) is 40.1. The fourth-order valence-corrected chi connectivity index (χ4v) is 4.14. The molecule has 0 heterocycles. The summed E-state index contributed by atoms with van der Waals surface area (Å²) in [7, 11) is 0. The molecular formula is C37H72ClN5O14. The number of nitrogens with two attached hydrogens (primary N) is 3. The van der Waals surface area contributed by atoms with Crippen molar-refractivity contribution in [1.29, 1.82) is 0 Å². The molecule has 0 aliphatic carbocycles. The van der Waals surface area contributed by atoms with E-state index in [-0.39, 0.29) is 87.8 Å². The fraction of sp³-hybridized carbons (Fsp3) is 0.838. The highest BCUT2D eigenvalue weighted by Gasteiger charge is 2.22. The minimum Gasteiger partial charge on any atom is -0.442 e. The van der Waals surface area contributed by atoms with E-state index in [1.165, 1.54) is 13.8 Å². The number of Topliss-reactive ketones (excluding diaryl/α,β-unsaturated/α-hetero) is 4. The predicted octanol–water partition coefficient (Wildman–Crippen LogP) is 1.12. The van der Waals surface area contributed by atoms with Crippen LogP contribution in [-0.2, 0) is 62.0 Å². The normalized spacial score (nSPS) is 12.0. The van der Waals surface area contributed by atoms with Crippen LogP contribution in [0, 0.1) is 0 Å².